The zero-order valence-electron chi connectivity index (χ0n) is 11.8. The molecule has 0 heterocycles. The third-order valence-electron chi connectivity index (χ3n) is 3.10. The second kappa shape index (κ2) is 7.04. The molecule has 1 atom stereocenters. The van der Waals surface area contributed by atoms with Gasteiger partial charge in [-0.3, -0.25) is 4.79 Å². The van der Waals surface area contributed by atoms with Gasteiger partial charge in [0.2, 0.25) is 5.91 Å². The molecule has 0 bridgehead atoms. The van der Waals surface area contributed by atoms with Crippen LogP contribution in [0.2, 0.25) is 0 Å². The van der Waals surface area contributed by atoms with Gasteiger partial charge in [0.05, 0.1) is 13.0 Å². The summed E-state index contributed by atoms with van der Waals surface area (Å²) in [6.07, 6.45) is 3.07. The third-order valence-corrected chi connectivity index (χ3v) is 3.10. The van der Waals surface area contributed by atoms with Crippen LogP contribution < -0.4 is 4.74 Å². The van der Waals surface area contributed by atoms with E-state index in [9.17, 15) is 4.79 Å². The maximum atomic E-state index is 12.2. The zero-order valence-corrected chi connectivity index (χ0v) is 11.8. The topological polar surface area (TPSA) is 29.5 Å². The first-order valence-corrected chi connectivity index (χ1v) is 6.45. The number of benzene rings is 1. The van der Waals surface area contributed by atoms with Crippen LogP contribution in [-0.2, 0) is 4.79 Å². The van der Waals surface area contributed by atoms with Crippen LogP contribution in [0.4, 0.5) is 0 Å². The average molecular weight is 249 g/mol. The summed E-state index contributed by atoms with van der Waals surface area (Å²) in [4.78, 5) is 13.9. The van der Waals surface area contributed by atoms with Crippen molar-refractivity contribution in [3.8, 4) is 5.75 Å². The molecule has 0 saturated heterocycles. The van der Waals surface area contributed by atoms with Gasteiger partial charge in [-0.2, -0.15) is 0 Å². The summed E-state index contributed by atoms with van der Waals surface area (Å²) >= 11 is 0. The fourth-order valence-corrected chi connectivity index (χ4v) is 1.99. The van der Waals surface area contributed by atoms with Gasteiger partial charge in [0, 0.05) is 14.1 Å². The van der Waals surface area contributed by atoms with Crippen LogP contribution >= 0.6 is 0 Å². The Hall–Kier alpha value is -1.51. The highest BCUT2D eigenvalue weighted by Gasteiger charge is 2.21. The van der Waals surface area contributed by atoms with Crippen LogP contribution in [0.3, 0.4) is 0 Å². The van der Waals surface area contributed by atoms with Crippen LogP contribution in [0.1, 0.15) is 37.7 Å². The predicted octanol–water partition coefficient (Wildman–Crippen LogP) is 3.06. The number of carbonyl (C=O) groups excluding carboxylic acids is 1. The Bertz CT molecular complexity index is 371. The number of nitrogens with zero attached hydrogens (tertiary/aromatic N) is 1. The van der Waals surface area contributed by atoms with Crippen molar-refractivity contribution in [1.29, 1.82) is 0 Å². The van der Waals surface area contributed by atoms with Crippen molar-refractivity contribution in [2.24, 2.45) is 0 Å². The maximum absolute atomic E-state index is 12.2. The van der Waals surface area contributed by atoms with Gasteiger partial charge in [-0.15, -0.1) is 0 Å². The highest BCUT2D eigenvalue weighted by atomic mass is 16.5. The first-order valence-electron chi connectivity index (χ1n) is 6.45. The minimum Gasteiger partial charge on any atom is -0.497 e. The van der Waals surface area contributed by atoms with Gasteiger partial charge in [0.25, 0.3) is 0 Å². The molecule has 3 heteroatoms. The lowest BCUT2D eigenvalue weighted by Crippen LogP contribution is -2.28. The van der Waals surface area contributed by atoms with E-state index in [1.165, 1.54) is 0 Å². The summed E-state index contributed by atoms with van der Waals surface area (Å²) in [6.45, 7) is 2.14. The van der Waals surface area contributed by atoms with Crippen molar-refractivity contribution in [3.63, 3.8) is 0 Å². The molecule has 1 aromatic carbocycles. The van der Waals surface area contributed by atoms with Gasteiger partial charge >= 0.3 is 0 Å². The van der Waals surface area contributed by atoms with Gasteiger partial charge in [0.15, 0.2) is 0 Å². The van der Waals surface area contributed by atoms with E-state index in [0.29, 0.717) is 0 Å². The second-order valence-corrected chi connectivity index (χ2v) is 4.70. The number of methoxy groups -OCH3 is 1. The van der Waals surface area contributed by atoms with E-state index in [4.69, 9.17) is 4.74 Å². The van der Waals surface area contributed by atoms with Crippen molar-refractivity contribution in [2.75, 3.05) is 21.2 Å². The number of unbranched alkanes of at least 4 members (excludes halogenated alkanes) is 1. The van der Waals surface area contributed by atoms with Crippen LogP contribution in [0.15, 0.2) is 24.3 Å². The summed E-state index contributed by atoms with van der Waals surface area (Å²) in [5.74, 6) is 0.963. The van der Waals surface area contributed by atoms with Crippen molar-refractivity contribution < 1.29 is 9.53 Å². The normalized spacial score (nSPS) is 12.0. The molecule has 1 rings (SSSR count). The maximum Gasteiger partial charge on any atom is 0.229 e. The first kappa shape index (κ1) is 14.6. The van der Waals surface area contributed by atoms with E-state index in [1.54, 1.807) is 12.0 Å². The van der Waals surface area contributed by atoms with Gasteiger partial charge < -0.3 is 9.64 Å². The summed E-state index contributed by atoms with van der Waals surface area (Å²) < 4.78 is 5.14. The Labute approximate surface area is 110 Å². The average Bonchev–Trinajstić information content (AvgIpc) is 2.39. The van der Waals surface area contributed by atoms with Crippen molar-refractivity contribution in [3.05, 3.63) is 29.8 Å². The van der Waals surface area contributed by atoms with Crippen LogP contribution in [0, 0.1) is 0 Å². The van der Waals surface area contributed by atoms with E-state index in [0.717, 1.165) is 30.6 Å². The van der Waals surface area contributed by atoms with Crippen molar-refractivity contribution >= 4 is 5.91 Å². The van der Waals surface area contributed by atoms with E-state index >= 15 is 0 Å². The summed E-state index contributed by atoms with van der Waals surface area (Å²) in [6, 6.07) is 7.80. The first-order chi connectivity index (χ1) is 8.60. The number of hydrogen-bond donors (Lipinski definition) is 0. The molecule has 0 aliphatic heterocycles. The molecule has 0 radical (unpaired) electrons. The smallest absolute Gasteiger partial charge is 0.229 e. The minimum atomic E-state index is -0.0362. The Morgan fingerprint density at radius 1 is 1.28 bits per heavy atom. The molecule has 1 unspecified atom stereocenters. The molecule has 100 valence electrons. The van der Waals surface area contributed by atoms with E-state index in [2.05, 4.69) is 6.92 Å². The van der Waals surface area contributed by atoms with Crippen LogP contribution in [0.25, 0.3) is 0 Å². The molecule has 0 spiro atoms. The predicted molar refractivity (Wildman–Crippen MR) is 74.0 cm³/mol. The quantitative estimate of drug-likeness (QED) is 0.775. The number of likely N-dealkylation sites (N-methyl/N-ethyl adjacent to an activating group) is 1. The molecule has 3 nitrogen and oxygen atoms in total. The van der Waals surface area contributed by atoms with E-state index in [1.807, 2.05) is 38.4 Å². The Morgan fingerprint density at radius 3 is 2.33 bits per heavy atom. The van der Waals surface area contributed by atoms with E-state index in [-0.39, 0.29) is 11.8 Å². The molecule has 1 aromatic rings. The number of rotatable bonds is 6. The zero-order chi connectivity index (χ0) is 13.5. The number of ether oxygens (including phenoxy) is 1. The molecule has 0 aliphatic carbocycles. The van der Waals surface area contributed by atoms with Gasteiger partial charge in [-0.1, -0.05) is 31.9 Å². The van der Waals surface area contributed by atoms with Crippen LogP contribution in [-0.4, -0.2) is 32.0 Å². The highest BCUT2D eigenvalue weighted by Crippen LogP contribution is 2.25. The molecular weight excluding hydrogens is 226 g/mol. The summed E-state index contributed by atoms with van der Waals surface area (Å²) in [5.41, 5.74) is 1.07. The number of amides is 1. The SMILES string of the molecule is CCCCC(C(=O)N(C)C)c1ccc(OC)cc1. The fourth-order valence-electron chi connectivity index (χ4n) is 1.99. The number of carbonyl (C=O) groups is 1. The third kappa shape index (κ3) is 3.76. The van der Waals surface area contributed by atoms with E-state index < -0.39 is 0 Å². The molecule has 0 N–H and O–H groups in total. The minimum absolute atomic E-state index is 0.0362. The summed E-state index contributed by atoms with van der Waals surface area (Å²) in [5, 5.41) is 0. The van der Waals surface area contributed by atoms with Gasteiger partial charge in [-0.05, 0) is 24.1 Å². The second-order valence-electron chi connectivity index (χ2n) is 4.70. The van der Waals surface area contributed by atoms with Crippen molar-refractivity contribution in [2.45, 2.75) is 32.1 Å². The molecule has 0 saturated carbocycles. The Balaban J connectivity index is 2.89. The summed E-state index contributed by atoms with van der Waals surface area (Å²) in [7, 11) is 5.27. The molecule has 0 aliphatic rings. The molecule has 1 amide bonds. The lowest BCUT2D eigenvalue weighted by Gasteiger charge is -2.21. The molecule has 0 fully saturated rings. The molecule has 18 heavy (non-hydrogen) atoms. The van der Waals surface area contributed by atoms with Gasteiger partial charge in [0.1, 0.15) is 5.75 Å². The monoisotopic (exact) mass is 249 g/mol. The lowest BCUT2D eigenvalue weighted by molar-refractivity contribution is -0.130. The van der Waals surface area contributed by atoms with Gasteiger partial charge in [-0.25, -0.2) is 0 Å². The standard InChI is InChI=1S/C15H23NO2/c1-5-6-7-14(15(17)16(2)3)12-8-10-13(18-4)11-9-12/h8-11,14H,5-7H2,1-4H3. The Kier molecular flexibility index (Phi) is 5.69. The van der Waals surface area contributed by atoms with Crippen LogP contribution in [0.5, 0.6) is 5.75 Å². The molecular formula is C15H23NO2. The molecule has 0 aromatic heterocycles. The number of hydrogen-bond acceptors (Lipinski definition) is 2. The fraction of sp³-hybridized carbons (Fsp3) is 0.533. The Morgan fingerprint density at radius 2 is 1.89 bits per heavy atom. The van der Waals surface area contributed by atoms with Crippen molar-refractivity contribution in [1.82, 2.24) is 4.90 Å². The highest BCUT2D eigenvalue weighted by molar-refractivity contribution is 5.83. The lowest BCUT2D eigenvalue weighted by atomic mass is 9.92. The largest absolute Gasteiger partial charge is 0.497 e.